The molecule has 1 saturated heterocycles. The first-order valence-electron chi connectivity index (χ1n) is 11.8. The molecule has 38 heavy (non-hydrogen) atoms. The van der Waals surface area contributed by atoms with Crippen LogP contribution in [0.25, 0.3) is 11.7 Å². The van der Waals surface area contributed by atoms with E-state index in [2.05, 4.69) is 10.3 Å². The van der Waals surface area contributed by atoms with Crippen molar-refractivity contribution in [3.63, 3.8) is 0 Å². The van der Waals surface area contributed by atoms with E-state index in [9.17, 15) is 19.1 Å². The third-order valence-corrected chi connectivity index (χ3v) is 7.51. The number of aliphatic hydroxyl groups is 1. The van der Waals surface area contributed by atoms with Crippen molar-refractivity contribution in [1.82, 2.24) is 14.3 Å². The first kappa shape index (κ1) is 25.8. The molecule has 0 saturated carbocycles. The maximum absolute atomic E-state index is 13.6. The molecule has 0 aliphatic carbocycles. The second kappa shape index (κ2) is 10.9. The molecule has 4 aromatic rings. The van der Waals surface area contributed by atoms with Crippen LogP contribution in [0.1, 0.15) is 28.4 Å². The van der Waals surface area contributed by atoms with Gasteiger partial charge in [-0.05, 0) is 47.9 Å². The third-order valence-electron chi connectivity index (χ3n) is 6.13. The van der Waals surface area contributed by atoms with E-state index in [1.165, 1.54) is 27.5 Å². The van der Waals surface area contributed by atoms with Gasteiger partial charge in [0.25, 0.3) is 11.5 Å². The SMILES string of the molecule is Cc1cccn2c(=O)c(/C=C3\SC(=S)N(Cc4ccc(F)cc4)C3=O)c(NC[C@H](O)c3ccccc3)nc12. The van der Waals surface area contributed by atoms with E-state index in [1.54, 1.807) is 24.4 Å². The number of anilines is 1. The Morgan fingerprint density at radius 2 is 1.84 bits per heavy atom. The van der Waals surface area contributed by atoms with E-state index in [0.29, 0.717) is 9.97 Å². The van der Waals surface area contributed by atoms with Gasteiger partial charge in [0.05, 0.1) is 23.1 Å². The van der Waals surface area contributed by atoms with Gasteiger partial charge in [0.1, 0.15) is 21.6 Å². The van der Waals surface area contributed by atoms with E-state index in [4.69, 9.17) is 12.2 Å². The minimum atomic E-state index is -0.838. The fourth-order valence-corrected chi connectivity index (χ4v) is 5.34. The molecule has 2 N–H and O–H groups in total. The number of nitrogens with one attached hydrogen (secondary N) is 1. The minimum absolute atomic E-state index is 0.102. The molecule has 1 aliphatic heterocycles. The highest BCUT2D eigenvalue weighted by Gasteiger charge is 2.32. The van der Waals surface area contributed by atoms with E-state index >= 15 is 0 Å². The number of aliphatic hydroxyl groups excluding tert-OH is 1. The van der Waals surface area contributed by atoms with Crippen molar-refractivity contribution in [2.45, 2.75) is 19.6 Å². The number of amides is 1. The Kier molecular flexibility index (Phi) is 7.37. The van der Waals surface area contributed by atoms with Gasteiger partial charge in [-0.25, -0.2) is 9.37 Å². The normalized spacial score (nSPS) is 15.4. The van der Waals surface area contributed by atoms with Crippen molar-refractivity contribution < 1.29 is 14.3 Å². The zero-order valence-electron chi connectivity index (χ0n) is 20.3. The first-order valence-corrected chi connectivity index (χ1v) is 13.0. The maximum atomic E-state index is 13.6. The molecular formula is C28H23FN4O3S2. The van der Waals surface area contributed by atoms with Gasteiger partial charge in [-0.1, -0.05) is 72.5 Å². The fourth-order valence-electron chi connectivity index (χ4n) is 4.10. The smallest absolute Gasteiger partial charge is 0.267 e. The quantitative estimate of drug-likeness (QED) is 0.257. The van der Waals surface area contributed by atoms with Crippen molar-refractivity contribution in [3.05, 3.63) is 116 Å². The first-order chi connectivity index (χ1) is 18.3. The second-order valence-corrected chi connectivity index (χ2v) is 10.4. The van der Waals surface area contributed by atoms with Gasteiger partial charge in [0.2, 0.25) is 0 Å². The molecule has 1 amide bonds. The standard InChI is InChI=1S/C28H23FN4O3S2/c1-17-6-5-13-32-25(17)31-24(30-15-22(34)19-7-3-2-4-8-19)21(26(32)35)14-23-27(36)33(28(37)38-23)16-18-9-11-20(29)12-10-18/h2-14,22,30,34H,15-16H2,1H3/b23-14-/t22-/m0/s1. The van der Waals surface area contributed by atoms with Gasteiger partial charge in [0.15, 0.2) is 0 Å². The van der Waals surface area contributed by atoms with Crippen LogP contribution in [-0.4, -0.2) is 36.2 Å². The van der Waals surface area contributed by atoms with Gasteiger partial charge in [0, 0.05) is 12.7 Å². The number of rotatable bonds is 7. The molecule has 0 radical (unpaired) electrons. The number of pyridine rings is 1. The Labute approximate surface area is 227 Å². The molecule has 1 atom stereocenters. The lowest BCUT2D eigenvalue weighted by molar-refractivity contribution is -0.122. The molecule has 1 fully saturated rings. The Morgan fingerprint density at radius 3 is 2.58 bits per heavy atom. The molecule has 2 aromatic carbocycles. The summed E-state index contributed by atoms with van der Waals surface area (Å²) in [6.45, 7) is 2.14. The van der Waals surface area contributed by atoms with Crippen LogP contribution in [0.3, 0.4) is 0 Å². The molecule has 3 heterocycles. The lowest BCUT2D eigenvalue weighted by atomic mass is 10.1. The minimum Gasteiger partial charge on any atom is -0.387 e. The maximum Gasteiger partial charge on any atom is 0.267 e. The zero-order valence-corrected chi connectivity index (χ0v) is 21.9. The predicted molar refractivity (Wildman–Crippen MR) is 151 cm³/mol. The molecule has 5 rings (SSSR count). The highest BCUT2D eigenvalue weighted by molar-refractivity contribution is 8.26. The van der Waals surface area contributed by atoms with Gasteiger partial charge in [-0.3, -0.25) is 18.9 Å². The fraction of sp³-hybridized carbons (Fsp3) is 0.143. The van der Waals surface area contributed by atoms with E-state index in [-0.39, 0.29) is 46.7 Å². The highest BCUT2D eigenvalue weighted by atomic mass is 32.2. The summed E-state index contributed by atoms with van der Waals surface area (Å²) in [4.78, 5) is 33.2. The Morgan fingerprint density at radius 1 is 1.11 bits per heavy atom. The summed E-state index contributed by atoms with van der Waals surface area (Å²) in [6, 6.07) is 18.6. The molecule has 0 unspecified atom stereocenters. The summed E-state index contributed by atoms with van der Waals surface area (Å²) in [7, 11) is 0. The summed E-state index contributed by atoms with van der Waals surface area (Å²) < 4.78 is 15.1. The van der Waals surface area contributed by atoms with Crippen LogP contribution in [0.4, 0.5) is 10.2 Å². The number of carbonyl (C=O) groups excluding carboxylic acids is 1. The third kappa shape index (κ3) is 5.24. The number of thioether (sulfide) groups is 1. The molecule has 2 aromatic heterocycles. The molecular weight excluding hydrogens is 523 g/mol. The number of carbonyl (C=O) groups is 1. The van der Waals surface area contributed by atoms with Crippen LogP contribution in [-0.2, 0) is 11.3 Å². The van der Waals surface area contributed by atoms with Crippen molar-refractivity contribution in [2.24, 2.45) is 0 Å². The number of hydrogen-bond donors (Lipinski definition) is 2. The number of fused-ring (bicyclic) bond motifs is 1. The second-order valence-electron chi connectivity index (χ2n) is 8.77. The monoisotopic (exact) mass is 546 g/mol. The van der Waals surface area contributed by atoms with Gasteiger partial charge >= 0.3 is 0 Å². The number of benzene rings is 2. The molecule has 192 valence electrons. The summed E-state index contributed by atoms with van der Waals surface area (Å²) in [5.41, 5.74) is 2.53. The summed E-state index contributed by atoms with van der Waals surface area (Å²) in [5, 5.41) is 13.8. The summed E-state index contributed by atoms with van der Waals surface area (Å²) in [5.74, 6) is -0.465. The number of aromatic nitrogens is 2. The summed E-state index contributed by atoms with van der Waals surface area (Å²) >= 11 is 6.53. The lowest BCUT2D eigenvalue weighted by Crippen LogP contribution is -2.27. The number of hydrogen-bond acceptors (Lipinski definition) is 7. The Hall–Kier alpha value is -3.86. The Bertz CT molecular complexity index is 1620. The van der Waals surface area contributed by atoms with E-state index in [1.807, 2.05) is 43.3 Å². The van der Waals surface area contributed by atoms with Crippen LogP contribution in [0.15, 0.2) is 82.6 Å². The van der Waals surface area contributed by atoms with Crippen LogP contribution >= 0.6 is 24.0 Å². The van der Waals surface area contributed by atoms with Gasteiger partial charge < -0.3 is 10.4 Å². The average Bonchev–Trinajstić information content (AvgIpc) is 3.18. The number of halogens is 1. The van der Waals surface area contributed by atoms with E-state index in [0.717, 1.165) is 28.5 Å². The van der Waals surface area contributed by atoms with Gasteiger partial charge in [-0.15, -0.1) is 0 Å². The van der Waals surface area contributed by atoms with Crippen LogP contribution in [0.5, 0.6) is 0 Å². The van der Waals surface area contributed by atoms with E-state index < -0.39 is 6.10 Å². The zero-order chi connectivity index (χ0) is 26.8. The molecule has 10 heteroatoms. The van der Waals surface area contributed by atoms with Crippen molar-refractivity contribution >= 4 is 51.7 Å². The molecule has 0 bridgehead atoms. The Balaban J connectivity index is 1.50. The van der Waals surface area contributed by atoms with Crippen LogP contribution in [0, 0.1) is 12.7 Å². The van der Waals surface area contributed by atoms with Crippen LogP contribution in [0.2, 0.25) is 0 Å². The van der Waals surface area contributed by atoms with Crippen LogP contribution < -0.4 is 10.9 Å². The summed E-state index contributed by atoms with van der Waals surface area (Å²) in [6.07, 6.45) is 2.28. The largest absolute Gasteiger partial charge is 0.387 e. The van der Waals surface area contributed by atoms with Gasteiger partial charge in [-0.2, -0.15) is 0 Å². The predicted octanol–water partition coefficient (Wildman–Crippen LogP) is 4.69. The van der Waals surface area contributed by atoms with Crippen molar-refractivity contribution in [3.8, 4) is 0 Å². The molecule has 0 spiro atoms. The molecule has 7 nitrogen and oxygen atoms in total. The topological polar surface area (TPSA) is 86.9 Å². The average molecular weight is 547 g/mol. The highest BCUT2D eigenvalue weighted by Crippen LogP contribution is 2.34. The number of aryl methyl sites for hydroxylation is 1. The number of nitrogens with zero attached hydrogens (tertiary/aromatic N) is 3. The van der Waals surface area contributed by atoms with Crippen molar-refractivity contribution in [1.29, 1.82) is 0 Å². The lowest BCUT2D eigenvalue weighted by Gasteiger charge is -2.16. The van der Waals surface area contributed by atoms with Crippen molar-refractivity contribution in [2.75, 3.05) is 11.9 Å². The molecule has 1 aliphatic rings. The number of thiocarbonyl (C=S) groups is 1.